The molecule has 1 aromatic rings. The topological polar surface area (TPSA) is 59.4 Å². The van der Waals surface area contributed by atoms with Crippen molar-refractivity contribution in [2.24, 2.45) is 0 Å². The number of rotatable bonds is 5. The quantitative estimate of drug-likeness (QED) is 0.661. The molecule has 0 unspecified atom stereocenters. The van der Waals surface area contributed by atoms with E-state index >= 15 is 0 Å². The molecule has 0 atom stereocenters. The number of carbonyl (C=O) groups is 1. The third-order valence-corrected chi connectivity index (χ3v) is 4.79. The highest BCUT2D eigenvalue weighted by Gasteiger charge is 2.20. The van der Waals surface area contributed by atoms with Crippen LogP contribution in [-0.4, -0.2) is 48.9 Å². The maximum atomic E-state index is 12.6. The third-order valence-electron chi connectivity index (χ3n) is 4.79. The minimum atomic E-state index is -0.352. The summed E-state index contributed by atoms with van der Waals surface area (Å²) < 4.78 is 0. The van der Waals surface area contributed by atoms with E-state index in [2.05, 4.69) is 31.1 Å². The predicted octanol–water partition coefficient (Wildman–Crippen LogP) is 3.18. The summed E-state index contributed by atoms with van der Waals surface area (Å²) in [4.78, 5) is 16.9. The van der Waals surface area contributed by atoms with Crippen LogP contribution in [0.25, 0.3) is 0 Å². The summed E-state index contributed by atoms with van der Waals surface area (Å²) in [5.74, 6) is -0.0525. The Hall–Kier alpha value is -2.32. The number of carbonyl (C=O) groups excluding carboxylic acids is 1. The second-order valence-electron chi connectivity index (χ2n) is 7.05. The zero-order valence-electron chi connectivity index (χ0n) is 15.6. The molecule has 2 rings (SSSR count). The summed E-state index contributed by atoms with van der Waals surface area (Å²) in [5, 5.41) is 12.3. The average molecular weight is 340 g/mol. The monoisotopic (exact) mass is 340 g/mol. The van der Waals surface area contributed by atoms with Gasteiger partial charge in [-0.1, -0.05) is 32.0 Å². The Labute approximate surface area is 150 Å². The molecule has 1 saturated heterocycles. The molecule has 1 fully saturated rings. The van der Waals surface area contributed by atoms with E-state index in [-0.39, 0.29) is 11.5 Å². The number of benzene rings is 1. The highest BCUT2D eigenvalue weighted by Crippen LogP contribution is 2.24. The zero-order chi connectivity index (χ0) is 18.4. The van der Waals surface area contributed by atoms with E-state index < -0.39 is 0 Å². The van der Waals surface area contributed by atoms with E-state index in [1.807, 2.05) is 42.3 Å². The van der Waals surface area contributed by atoms with Crippen molar-refractivity contribution in [3.05, 3.63) is 41.6 Å². The SMILES string of the molecule is CC(C)c1ccccc1NC(=O)/C(C#N)=C\N(C)C1CCN(C)CC1. The Bertz CT molecular complexity index is 667. The molecule has 0 spiro atoms. The lowest BCUT2D eigenvalue weighted by molar-refractivity contribution is -0.112. The maximum absolute atomic E-state index is 12.6. The molecule has 5 nitrogen and oxygen atoms in total. The molecule has 0 bridgehead atoms. The smallest absolute Gasteiger partial charge is 0.267 e. The van der Waals surface area contributed by atoms with E-state index in [1.165, 1.54) is 0 Å². The highest BCUT2D eigenvalue weighted by atomic mass is 16.1. The summed E-state index contributed by atoms with van der Waals surface area (Å²) in [7, 11) is 4.06. The molecular formula is C20H28N4O. The van der Waals surface area contributed by atoms with Crippen molar-refractivity contribution >= 4 is 11.6 Å². The minimum Gasteiger partial charge on any atom is -0.376 e. The van der Waals surface area contributed by atoms with Gasteiger partial charge in [0, 0.05) is 25.0 Å². The molecule has 0 saturated carbocycles. The zero-order valence-corrected chi connectivity index (χ0v) is 15.6. The minimum absolute atomic E-state index is 0.139. The number of piperidine rings is 1. The van der Waals surface area contributed by atoms with E-state index in [1.54, 1.807) is 6.20 Å². The number of nitriles is 1. The van der Waals surface area contributed by atoms with Gasteiger partial charge in [-0.25, -0.2) is 0 Å². The van der Waals surface area contributed by atoms with Crippen LogP contribution in [0.1, 0.15) is 38.2 Å². The van der Waals surface area contributed by atoms with Gasteiger partial charge in [-0.2, -0.15) is 5.26 Å². The van der Waals surface area contributed by atoms with E-state index in [9.17, 15) is 10.1 Å². The van der Waals surface area contributed by atoms with Crippen LogP contribution in [0.2, 0.25) is 0 Å². The van der Waals surface area contributed by atoms with E-state index in [0.717, 1.165) is 37.2 Å². The molecule has 1 heterocycles. The van der Waals surface area contributed by atoms with Crippen LogP contribution in [0.3, 0.4) is 0 Å². The first-order valence-electron chi connectivity index (χ1n) is 8.85. The van der Waals surface area contributed by atoms with Crippen molar-refractivity contribution in [3.63, 3.8) is 0 Å². The molecule has 0 aliphatic carbocycles. The number of anilines is 1. The first-order chi connectivity index (χ1) is 11.9. The highest BCUT2D eigenvalue weighted by molar-refractivity contribution is 6.06. The van der Waals surface area contributed by atoms with Crippen molar-refractivity contribution in [1.82, 2.24) is 9.80 Å². The molecule has 1 amide bonds. The normalized spacial score (nSPS) is 16.6. The van der Waals surface area contributed by atoms with Gasteiger partial charge in [0.25, 0.3) is 5.91 Å². The van der Waals surface area contributed by atoms with E-state index in [0.29, 0.717) is 12.0 Å². The van der Waals surface area contributed by atoms with Gasteiger partial charge >= 0.3 is 0 Å². The molecule has 1 N–H and O–H groups in total. The molecule has 25 heavy (non-hydrogen) atoms. The Kier molecular flexibility index (Phi) is 6.60. The van der Waals surface area contributed by atoms with Crippen molar-refractivity contribution in [3.8, 4) is 6.07 Å². The van der Waals surface area contributed by atoms with Gasteiger partial charge in [-0.3, -0.25) is 4.79 Å². The van der Waals surface area contributed by atoms with Gasteiger partial charge in [0.2, 0.25) is 0 Å². The summed E-state index contributed by atoms with van der Waals surface area (Å²) >= 11 is 0. The molecular weight excluding hydrogens is 312 g/mol. The second kappa shape index (κ2) is 8.68. The van der Waals surface area contributed by atoms with Crippen LogP contribution in [-0.2, 0) is 4.79 Å². The first-order valence-corrected chi connectivity index (χ1v) is 8.85. The lowest BCUT2D eigenvalue weighted by Gasteiger charge is -2.34. The number of para-hydroxylation sites is 1. The van der Waals surface area contributed by atoms with Crippen LogP contribution in [0.15, 0.2) is 36.0 Å². The van der Waals surface area contributed by atoms with Gasteiger partial charge in [0.05, 0.1) is 0 Å². The Morgan fingerprint density at radius 2 is 2.00 bits per heavy atom. The Morgan fingerprint density at radius 3 is 2.60 bits per heavy atom. The van der Waals surface area contributed by atoms with Crippen molar-refractivity contribution in [2.75, 3.05) is 32.5 Å². The molecule has 0 radical (unpaired) electrons. The third kappa shape index (κ3) is 5.07. The molecule has 5 heteroatoms. The summed E-state index contributed by atoms with van der Waals surface area (Å²) in [6.45, 7) is 6.25. The van der Waals surface area contributed by atoms with Crippen molar-refractivity contribution in [1.29, 1.82) is 5.26 Å². The fraction of sp³-hybridized carbons (Fsp3) is 0.500. The largest absolute Gasteiger partial charge is 0.376 e. The maximum Gasteiger partial charge on any atom is 0.267 e. The van der Waals surface area contributed by atoms with Crippen LogP contribution in [0.4, 0.5) is 5.69 Å². The van der Waals surface area contributed by atoms with E-state index in [4.69, 9.17) is 0 Å². The van der Waals surface area contributed by atoms with Gasteiger partial charge in [-0.05, 0) is 50.5 Å². The first kappa shape index (κ1) is 19.0. The molecule has 1 aromatic carbocycles. The number of likely N-dealkylation sites (tertiary alicyclic amines) is 1. The number of amides is 1. The summed E-state index contributed by atoms with van der Waals surface area (Å²) in [6, 6.07) is 10.1. The number of hydrogen-bond donors (Lipinski definition) is 1. The average Bonchev–Trinajstić information content (AvgIpc) is 2.60. The number of nitrogens with one attached hydrogen (secondary N) is 1. The van der Waals surface area contributed by atoms with Crippen molar-refractivity contribution < 1.29 is 4.79 Å². The summed E-state index contributed by atoms with van der Waals surface area (Å²) in [5.41, 5.74) is 1.97. The molecule has 1 aliphatic rings. The lowest BCUT2D eigenvalue weighted by Crippen LogP contribution is -2.40. The molecule has 0 aromatic heterocycles. The molecule has 134 valence electrons. The van der Waals surface area contributed by atoms with Gasteiger partial charge in [0.1, 0.15) is 11.6 Å². The van der Waals surface area contributed by atoms with Crippen LogP contribution in [0.5, 0.6) is 0 Å². The van der Waals surface area contributed by atoms with Gasteiger partial charge < -0.3 is 15.1 Å². The van der Waals surface area contributed by atoms with Crippen LogP contribution < -0.4 is 5.32 Å². The number of nitrogens with zero attached hydrogens (tertiary/aromatic N) is 3. The van der Waals surface area contributed by atoms with Crippen LogP contribution >= 0.6 is 0 Å². The standard InChI is InChI=1S/C20H28N4O/c1-15(2)18-7-5-6-8-19(18)22-20(25)16(13-21)14-24(4)17-9-11-23(3)12-10-17/h5-8,14-15,17H,9-12H2,1-4H3,(H,22,25)/b16-14-. The fourth-order valence-corrected chi connectivity index (χ4v) is 3.15. The van der Waals surface area contributed by atoms with Crippen molar-refractivity contribution in [2.45, 2.75) is 38.6 Å². The predicted molar refractivity (Wildman–Crippen MR) is 101 cm³/mol. The fourth-order valence-electron chi connectivity index (χ4n) is 3.15. The molecule has 1 aliphatic heterocycles. The second-order valence-corrected chi connectivity index (χ2v) is 7.05. The number of hydrogen-bond acceptors (Lipinski definition) is 4. The lowest BCUT2D eigenvalue weighted by atomic mass is 10.0. The van der Waals surface area contributed by atoms with Gasteiger partial charge in [0.15, 0.2) is 0 Å². The van der Waals surface area contributed by atoms with Gasteiger partial charge in [-0.15, -0.1) is 0 Å². The Morgan fingerprint density at radius 1 is 1.36 bits per heavy atom. The van der Waals surface area contributed by atoms with Crippen LogP contribution in [0, 0.1) is 11.3 Å². The summed E-state index contributed by atoms with van der Waals surface area (Å²) in [6.07, 6.45) is 3.77. The Balaban J connectivity index is 2.09.